The van der Waals surface area contributed by atoms with Crippen molar-refractivity contribution in [3.63, 3.8) is 0 Å². The maximum Gasteiger partial charge on any atom is 0.225 e. The molecule has 0 saturated heterocycles. The number of rotatable bonds is 3. The molecule has 3 N–H and O–H groups in total. The summed E-state index contributed by atoms with van der Waals surface area (Å²) >= 11 is 0. The number of carbonyl (C=O) groups excluding carboxylic acids is 1. The zero-order valence-electron chi connectivity index (χ0n) is 7.09. The molecule has 0 aliphatic rings. The van der Waals surface area contributed by atoms with E-state index in [1.54, 1.807) is 0 Å². The predicted octanol–water partition coefficient (Wildman–Crippen LogP) is 1.11. The molecule has 0 fully saturated rings. The molecule has 3 nitrogen and oxygen atoms in total. The van der Waals surface area contributed by atoms with Gasteiger partial charge in [0.2, 0.25) is 5.91 Å². The topological polar surface area (TPSA) is 55.1 Å². The zero-order valence-corrected chi connectivity index (χ0v) is 7.09. The van der Waals surface area contributed by atoms with Crippen molar-refractivity contribution >= 4 is 11.6 Å². The molecular weight excluding hydrogens is 171 g/mol. The van der Waals surface area contributed by atoms with Gasteiger partial charge in [0.15, 0.2) is 0 Å². The Balaban J connectivity index is 2.54. The van der Waals surface area contributed by atoms with Crippen LogP contribution in [0.2, 0.25) is 0 Å². The number of nitrogens with two attached hydrogens (primary N) is 1. The Labute approximate surface area is 75.7 Å². The standard InChI is InChI=1S/C9H11FN2O/c10-7-1-3-8(4-2-7)12-9(13)5-6-11/h1-4H,5-6,11H2,(H,12,13). The van der Waals surface area contributed by atoms with Crippen molar-refractivity contribution in [3.8, 4) is 0 Å². The van der Waals surface area contributed by atoms with E-state index in [4.69, 9.17) is 5.73 Å². The molecule has 0 aliphatic heterocycles. The van der Waals surface area contributed by atoms with Crippen LogP contribution in [-0.4, -0.2) is 12.5 Å². The highest BCUT2D eigenvalue weighted by Gasteiger charge is 1.99. The summed E-state index contributed by atoms with van der Waals surface area (Å²) in [6, 6.07) is 5.59. The van der Waals surface area contributed by atoms with Crippen LogP contribution in [0.3, 0.4) is 0 Å². The van der Waals surface area contributed by atoms with Crippen LogP contribution < -0.4 is 11.1 Å². The van der Waals surface area contributed by atoms with Crippen molar-refractivity contribution in [2.24, 2.45) is 5.73 Å². The fourth-order valence-electron chi connectivity index (χ4n) is 0.888. The molecule has 0 unspecified atom stereocenters. The van der Waals surface area contributed by atoms with Gasteiger partial charge >= 0.3 is 0 Å². The molecule has 13 heavy (non-hydrogen) atoms. The number of carbonyl (C=O) groups is 1. The van der Waals surface area contributed by atoms with E-state index in [0.717, 1.165) is 0 Å². The average Bonchev–Trinajstić information content (AvgIpc) is 2.09. The summed E-state index contributed by atoms with van der Waals surface area (Å²) < 4.78 is 12.4. The largest absolute Gasteiger partial charge is 0.330 e. The molecule has 0 aromatic heterocycles. The molecule has 1 aromatic rings. The normalized spacial score (nSPS) is 9.69. The highest BCUT2D eigenvalue weighted by Crippen LogP contribution is 2.07. The third-order valence-electron chi connectivity index (χ3n) is 1.50. The lowest BCUT2D eigenvalue weighted by atomic mass is 10.3. The van der Waals surface area contributed by atoms with Gasteiger partial charge in [0.05, 0.1) is 0 Å². The summed E-state index contributed by atoms with van der Waals surface area (Å²) in [4.78, 5) is 11.0. The first-order chi connectivity index (χ1) is 6.22. The number of nitrogens with one attached hydrogen (secondary N) is 1. The Bertz CT molecular complexity index is 284. The van der Waals surface area contributed by atoms with E-state index in [1.165, 1.54) is 24.3 Å². The lowest BCUT2D eigenvalue weighted by Gasteiger charge is -2.02. The highest BCUT2D eigenvalue weighted by molar-refractivity contribution is 5.90. The Morgan fingerprint density at radius 2 is 2.00 bits per heavy atom. The summed E-state index contributed by atoms with van der Waals surface area (Å²) in [6.07, 6.45) is 0.275. The third-order valence-corrected chi connectivity index (χ3v) is 1.50. The van der Waals surface area contributed by atoms with Gasteiger partial charge in [0, 0.05) is 18.7 Å². The zero-order chi connectivity index (χ0) is 9.68. The number of hydrogen-bond acceptors (Lipinski definition) is 2. The van der Waals surface area contributed by atoms with Crippen LogP contribution in [0.5, 0.6) is 0 Å². The first-order valence-corrected chi connectivity index (χ1v) is 3.98. The molecule has 1 rings (SSSR count). The van der Waals surface area contributed by atoms with Crippen LogP contribution in [0.25, 0.3) is 0 Å². The highest BCUT2D eigenvalue weighted by atomic mass is 19.1. The van der Waals surface area contributed by atoms with Gasteiger partial charge in [0.25, 0.3) is 0 Å². The SMILES string of the molecule is NCCC(=O)Nc1ccc(F)cc1. The van der Waals surface area contributed by atoms with Crippen molar-refractivity contribution in [2.45, 2.75) is 6.42 Å². The lowest BCUT2D eigenvalue weighted by molar-refractivity contribution is -0.116. The molecule has 0 heterocycles. The predicted molar refractivity (Wildman–Crippen MR) is 48.7 cm³/mol. The van der Waals surface area contributed by atoms with Crippen molar-refractivity contribution in [1.82, 2.24) is 0 Å². The molecule has 4 heteroatoms. The summed E-state index contributed by atoms with van der Waals surface area (Å²) in [5.41, 5.74) is 5.77. The van der Waals surface area contributed by atoms with Gasteiger partial charge in [-0.2, -0.15) is 0 Å². The summed E-state index contributed by atoms with van der Waals surface area (Å²) in [7, 11) is 0. The lowest BCUT2D eigenvalue weighted by Crippen LogP contribution is -2.16. The minimum Gasteiger partial charge on any atom is -0.330 e. The van der Waals surface area contributed by atoms with Crippen molar-refractivity contribution in [1.29, 1.82) is 0 Å². The molecule has 70 valence electrons. The fraction of sp³-hybridized carbons (Fsp3) is 0.222. The van der Waals surface area contributed by atoms with Crippen molar-refractivity contribution < 1.29 is 9.18 Å². The van der Waals surface area contributed by atoms with Crippen molar-refractivity contribution in [3.05, 3.63) is 30.1 Å². The van der Waals surface area contributed by atoms with E-state index < -0.39 is 0 Å². The van der Waals surface area contributed by atoms with E-state index in [0.29, 0.717) is 12.2 Å². The van der Waals surface area contributed by atoms with Crippen LogP contribution in [-0.2, 0) is 4.79 Å². The molecule has 0 aliphatic carbocycles. The second-order valence-corrected chi connectivity index (χ2v) is 2.59. The maximum atomic E-state index is 12.4. The smallest absolute Gasteiger partial charge is 0.225 e. The molecule has 1 aromatic carbocycles. The second-order valence-electron chi connectivity index (χ2n) is 2.59. The Morgan fingerprint density at radius 3 is 2.54 bits per heavy atom. The molecule has 0 spiro atoms. The van der Waals surface area contributed by atoms with Gasteiger partial charge in [-0.1, -0.05) is 0 Å². The Kier molecular flexibility index (Phi) is 3.40. The van der Waals surface area contributed by atoms with Gasteiger partial charge in [0.1, 0.15) is 5.82 Å². The Hall–Kier alpha value is -1.42. The van der Waals surface area contributed by atoms with E-state index in [2.05, 4.69) is 5.32 Å². The number of hydrogen-bond donors (Lipinski definition) is 2. The van der Waals surface area contributed by atoms with Crippen LogP contribution in [0.1, 0.15) is 6.42 Å². The second kappa shape index (κ2) is 4.57. The maximum absolute atomic E-state index is 12.4. The third kappa shape index (κ3) is 3.21. The summed E-state index contributed by atoms with van der Waals surface area (Å²) in [5, 5.41) is 2.58. The number of benzene rings is 1. The minimum absolute atomic E-state index is 0.158. The first-order valence-electron chi connectivity index (χ1n) is 3.98. The summed E-state index contributed by atoms with van der Waals surface area (Å²) in [6.45, 7) is 0.313. The number of amides is 1. The van der Waals surface area contributed by atoms with E-state index in [9.17, 15) is 9.18 Å². The van der Waals surface area contributed by atoms with Crippen LogP contribution in [0.4, 0.5) is 10.1 Å². The van der Waals surface area contributed by atoms with Gasteiger partial charge in [-0.3, -0.25) is 4.79 Å². The van der Waals surface area contributed by atoms with Gasteiger partial charge in [-0.05, 0) is 24.3 Å². The van der Waals surface area contributed by atoms with Gasteiger partial charge < -0.3 is 11.1 Å². The molecular formula is C9H11FN2O. The molecule has 0 saturated carbocycles. The fourth-order valence-corrected chi connectivity index (χ4v) is 0.888. The van der Waals surface area contributed by atoms with Crippen LogP contribution in [0, 0.1) is 5.82 Å². The van der Waals surface area contributed by atoms with Crippen molar-refractivity contribution in [2.75, 3.05) is 11.9 Å². The molecule has 0 bridgehead atoms. The average molecular weight is 182 g/mol. The monoisotopic (exact) mass is 182 g/mol. The number of anilines is 1. The molecule has 1 amide bonds. The quantitative estimate of drug-likeness (QED) is 0.735. The van der Waals surface area contributed by atoms with E-state index in [-0.39, 0.29) is 18.1 Å². The summed E-state index contributed by atoms with van der Waals surface area (Å²) in [5.74, 6) is -0.481. The van der Waals surface area contributed by atoms with E-state index >= 15 is 0 Å². The number of halogens is 1. The van der Waals surface area contributed by atoms with Crippen LogP contribution in [0.15, 0.2) is 24.3 Å². The first kappa shape index (κ1) is 9.67. The molecule has 0 atom stereocenters. The van der Waals surface area contributed by atoms with Crippen LogP contribution >= 0.6 is 0 Å². The van der Waals surface area contributed by atoms with E-state index in [1.807, 2.05) is 0 Å². The molecule has 0 radical (unpaired) electrons. The minimum atomic E-state index is -0.322. The van der Waals surface area contributed by atoms with Gasteiger partial charge in [-0.15, -0.1) is 0 Å². The Morgan fingerprint density at radius 1 is 1.38 bits per heavy atom. The van der Waals surface area contributed by atoms with Gasteiger partial charge in [-0.25, -0.2) is 4.39 Å².